The van der Waals surface area contributed by atoms with Crippen LogP contribution in [-0.4, -0.2) is 27.9 Å². The van der Waals surface area contributed by atoms with Gasteiger partial charge in [0.15, 0.2) is 11.6 Å². The van der Waals surface area contributed by atoms with E-state index >= 15 is 0 Å². The zero-order valence-corrected chi connectivity index (χ0v) is 8.89. The van der Waals surface area contributed by atoms with Gasteiger partial charge in [0.05, 0.1) is 19.4 Å². The van der Waals surface area contributed by atoms with E-state index in [0.717, 1.165) is 10.8 Å². The molecule has 1 aromatic heterocycles. The van der Waals surface area contributed by atoms with Crippen LogP contribution in [0.1, 0.15) is 19.6 Å². The quantitative estimate of drug-likeness (QED) is 0.737. The third-order valence-corrected chi connectivity index (χ3v) is 2.00. The molecule has 1 heterocycles. The minimum atomic E-state index is -0.773. The SMILES string of the molecule is CCC(OCCO)n1cc(F)c(N)nc1=O. The van der Waals surface area contributed by atoms with Crippen LogP contribution in [0.2, 0.25) is 0 Å². The fourth-order valence-corrected chi connectivity index (χ4v) is 1.25. The molecule has 0 aliphatic heterocycles. The third kappa shape index (κ3) is 2.77. The maximum absolute atomic E-state index is 13.1. The molecule has 90 valence electrons. The van der Waals surface area contributed by atoms with Gasteiger partial charge in [0.1, 0.15) is 6.23 Å². The number of nitrogens with zero attached hydrogens (tertiary/aromatic N) is 2. The number of hydrogen-bond donors (Lipinski definition) is 2. The van der Waals surface area contributed by atoms with E-state index in [2.05, 4.69) is 4.98 Å². The molecule has 0 bridgehead atoms. The molecule has 1 rings (SSSR count). The Bertz CT molecular complexity index is 407. The number of halogens is 1. The smallest absolute Gasteiger partial charge is 0.351 e. The molecule has 1 unspecified atom stereocenters. The number of nitrogens with two attached hydrogens (primary N) is 1. The molecular weight excluding hydrogens is 217 g/mol. The lowest BCUT2D eigenvalue weighted by atomic mass is 10.4. The van der Waals surface area contributed by atoms with Gasteiger partial charge in [-0.2, -0.15) is 4.98 Å². The lowest BCUT2D eigenvalue weighted by Crippen LogP contribution is -2.30. The van der Waals surface area contributed by atoms with Gasteiger partial charge >= 0.3 is 5.69 Å². The maximum Gasteiger partial charge on any atom is 0.351 e. The van der Waals surface area contributed by atoms with E-state index in [0.29, 0.717) is 6.42 Å². The van der Waals surface area contributed by atoms with Crippen molar-refractivity contribution in [3.05, 3.63) is 22.5 Å². The van der Waals surface area contributed by atoms with Crippen LogP contribution in [0.15, 0.2) is 11.0 Å². The minimum absolute atomic E-state index is 0.0664. The Hall–Kier alpha value is -1.47. The normalized spacial score (nSPS) is 12.7. The summed E-state index contributed by atoms with van der Waals surface area (Å²) in [6, 6.07) is 0. The van der Waals surface area contributed by atoms with Gasteiger partial charge in [0, 0.05) is 0 Å². The first-order chi connectivity index (χ1) is 7.60. The van der Waals surface area contributed by atoms with Crippen molar-refractivity contribution in [2.24, 2.45) is 0 Å². The summed E-state index contributed by atoms with van der Waals surface area (Å²) in [4.78, 5) is 14.7. The number of aliphatic hydroxyl groups is 1. The number of ether oxygens (including phenoxy) is 1. The summed E-state index contributed by atoms with van der Waals surface area (Å²) in [5, 5.41) is 8.60. The van der Waals surface area contributed by atoms with E-state index in [-0.39, 0.29) is 13.2 Å². The first-order valence-electron chi connectivity index (χ1n) is 4.86. The molecule has 0 saturated carbocycles. The fourth-order valence-electron chi connectivity index (χ4n) is 1.25. The molecular formula is C9H14FN3O3. The maximum atomic E-state index is 13.1. The Labute approximate surface area is 91.5 Å². The summed E-state index contributed by atoms with van der Waals surface area (Å²) in [5.41, 5.74) is 4.47. The van der Waals surface area contributed by atoms with E-state index in [1.165, 1.54) is 0 Å². The summed E-state index contributed by atoms with van der Waals surface area (Å²) in [6.45, 7) is 1.66. The van der Waals surface area contributed by atoms with Gasteiger partial charge in [-0.15, -0.1) is 0 Å². The number of aliphatic hydroxyl groups excluding tert-OH is 1. The third-order valence-electron chi connectivity index (χ3n) is 2.00. The van der Waals surface area contributed by atoms with Crippen LogP contribution >= 0.6 is 0 Å². The summed E-state index contributed by atoms with van der Waals surface area (Å²) < 4.78 is 19.3. The Morgan fingerprint density at radius 3 is 3.00 bits per heavy atom. The second kappa shape index (κ2) is 5.57. The largest absolute Gasteiger partial charge is 0.394 e. The first kappa shape index (κ1) is 12.6. The highest BCUT2D eigenvalue weighted by Gasteiger charge is 2.13. The van der Waals surface area contributed by atoms with Crippen molar-refractivity contribution in [3.8, 4) is 0 Å². The number of nitrogen functional groups attached to an aromatic ring is 1. The van der Waals surface area contributed by atoms with E-state index in [4.69, 9.17) is 15.6 Å². The van der Waals surface area contributed by atoms with E-state index < -0.39 is 23.6 Å². The molecule has 16 heavy (non-hydrogen) atoms. The number of anilines is 1. The second-order valence-corrected chi connectivity index (χ2v) is 3.12. The zero-order chi connectivity index (χ0) is 12.1. The van der Waals surface area contributed by atoms with Crippen LogP contribution in [0.25, 0.3) is 0 Å². The molecule has 0 aromatic carbocycles. The monoisotopic (exact) mass is 231 g/mol. The standard InChI is InChI=1S/C9H14FN3O3/c1-2-7(16-4-3-14)13-5-6(10)8(11)12-9(13)15/h5,7,14H,2-4H2,1H3,(H2,11,12,15). The highest BCUT2D eigenvalue weighted by molar-refractivity contribution is 5.26. The van der Waals surface area contributed by atoms with Gasteiger partial charge in [-0.1, -0.05) is 6.92 Å². The van der Waals surface area contributed by atoms with Crippen molar-refractivity contribution in [1.29, 1.82) is 0 Å². The van der Waals surface area contributed by atoms with Gasteiger partial charge in [0.2, 0.25) is 0 Å². The highest BCUT2D eigenvalue weighted by atomic mass is 19.1. The van der Waals surface area contributed by atoms with Crippen LogP contribution < -0.4 is 11.4 Å². The van der Waals surface area contributed by atoms with Crippen LogP contribution in [0.4, 0.5) is 10.2 Å². The van der Waals surface area contributed by atoms with E-state index in [9.17, 15) is 9.18 Å². The predicted molar refractivity (Wildman–Crippen MR) is 55.2 cm³/mol. The molecule has 0 spiro atoms. The first-order valence-corrected chi connectivity index (χ1v) is 4.86. The molecule has 1 aromatic rings. The van der Waals surface area contributed by atoms with E-state index in [1.54, 1.807) is 6.92 Å². The van der Waals surface area contributed by atoms with Crippen molar-refractivity contribution in [2.45, 2.75) is 19.6 Å². The van der Waals surface area contributed by atoms with Crippen LogP contribution in [0, 0.1) is 5.82 Å². The molecule has 0 aliphatic rings. The number of aromatic nitrogens is 2. The van der Waals surface area contributed by atoms with Gasteiger partial charge < -0.3 is 15.6 Å². The zero-order valence-electron chi connectivity index (χ0n) is 8.89. The van der Waals surface area contributed by atoms with Crippen molar-refractivity contribution >= 4 is 5.82 Å². The molecule has 0 fully saturated rings. The van der Waals surface area contributed by atoms with Crippen LogP contribution in [-0.2, 0) is 4.74 Å². The van der Waals surface area contributed by atoms with Gasteiger partial charge in [-0.05, 0) is 6.42 Å². The summed E-state index contributed by atoms with van der Waals surface area (Å²) in [5.74, 6) is -1.20. The average molecular weight is 231 g/mol. The summed E-state index contributed by atoms with van der Waals surface area (Å²) in [6.07, 6.45) is 0.753. The molecule has 0 amide bonds. The summed E-state index contributed by atoms with van der Waals surface area (Å²) >= 11 is 0. The predicted octanol–water partition coefficient (Wildman–Crippen LogP) is -0.118. The number of rotatable bonds is 5. The molecule has 0 radical (unpaired) electrons. The van der Waals surface area contributed by atoms with Crippen molar-refractivity contribution < 1.29 is 14.2 Å². The Morgan fingerprint density at radius 2 is 2.44 bits per heavy atom. The fraction of sp³-hybridized carbons (Fsp3) is 0.556. The molecule has 1 atom stereocenters. The average Bonchev–Trinajstić information content (AvgIpc) is 2.26. The van der Waals surface area contributed by atoms with Crippen molar-refractivity contribution in [1.82, 2.24) is 9.55 Å². The van der Waals surface area contributed by atoms with Crippen molar-refractivity contribution in [2.75, 3.05) is 18.9 Å². The van der Waals surface area contributed by atoms with Crippen molar-refractivity contribution in [3.63, 3.8) is 0 Å². The Morgan fingerprint density at radius 1 is 1.75 bits per heavy atom. The Balaban J connectivity index is 3.00. The van der Waals surface area contributed by atoms with Gasteiger partial charge in [-0.25, -0.2) is 9.18 Å². The molecule has 0 aliphatic carbocycles. The Kier molecular flexibility index (Phi) is 4.39. The van der Waals surface area contributed by atoms with Crippen LogP contribution in [0.3, 0.4) is 0 Å². The van der Waals surface area contributed by atoms with E-state index in [1.807, 2.05) is 0 Å². The molecule has 7 heteroatoms. The molecule has 3 N–H and O–H groups in total. The molecule has 0 saturated heterocycles. The van der Waals surface area contributed by atoms with Gasteiger partial charge in [-0.3, -0.25) is 4.57 Å². The second-order valence-electron chi connectivity index (χ2n) is 3.12. The number of hydrogen-bond acceptors (Lipinski definition) is 5. The molecule has 6 nitrogen and oxygen atoms in total. The summed E-state index contributed by atoms with van der Waals surface area (Å²) in [7, 11) is 0. The lowest BCUT2D eigenvalue weighted by Gasteiger charge is -2.17. The highest BCUT2D eigenvalue weighted by Crippen LogP contribution is 2.12. The van der Waals surface area contributed by atoms with Crippen LogP contribution in [0.5, 0.6) is 0 Å². The van der Waals surface area contributed by atoms with Gasteiger partial charge in [0.25, 0.3) is 0 Å². The minimum Gasteiger partial charge on any atom is -0.394 e. The lowest BCUT2D eigenvalue weighted by molar-refractivity contribution is -0.0203. The topological polar surface area (TPSA) is 90.4 Å².